The van der Waals surface area contributed by atoms with E-state index in [9.17, 15) is 4.79 Å². The van der Waals surface area contributed by atoms with Crippen molar-refractivity contribution < 1.29 is 9.21 Å². The lowest BCUT2D eigenvalue weighted by Gasteiger charge is -2.31. The number of hydrogen-bond acceptors (Lipinski definition) is 3. The Bertz CT molecular complexity index is 522. The molecule has 1 atom stereocenters. The predicted octanol–water partition coefficient (Wildman–Crippen LogP) is 3.61. The zero-order valence-electron chi connectivity index (χ0n) is 14.9. The van der Waals surface area contributed by atoms with Crippen LogP contribution in [-0.4, -0.2) is 37.1 Å². The maximum atomic E-state index is 12.1. The van der Waals surface area contributed by atoms with Gasteiger partial charge in [0.25, 0.3) is 0 Å². The van der Waals surface area contributed by atoms with Crippen molar-refractivity contribution in [2.75, 3.05) is 20.1 Å². The van der Waals surface area contributed by atoms with Gasteiger partial charge < -0.3 is 20.0 Å². The molecule has 5 heteroatoms. The lowest BCUT2D eigenvalue weighted by Crippen LogP contribution is -2.40. The lowest BCUT2D eigenvalue weighted by molar-refractivity contribution is 0.189. The molecule has 3 rings (SSSR count). The Morgan fingerprint density at radius 2 is 2.08 bits per heavy atom. The van der Waals surface area contributed by atoms with Crippen molar-refractivity contribution in [3.63, 3.8) is 0 Å². The zero-order valence-corrected chi connectivity index (χ0v) is 14.9. The number of urea groups is 1. The van der Waals surface area contributed by atoms with Crippen molar-refractivity contribution in [1.29, 1.82) is 0 Å². The van der Waals surface area contributed by atoms with Crippen LogP contribution in [0.1, 0.15) is 68.7 Å². The molecule has 0 radical (unpaired) electrons. The Kier molecular flexibility index (Phi) is 6.18. The first-order valence-corrected chi connectivity index (χ1v) is 9.55. The van der Waals surface area contributed by atoms with Gasteiger partial charge >= 0.3 is 6.03 Å². The van der Waals surface area contributed by atoms with Crippen LogP contribution >= 0.6 is 0 Å². The third-order valence-electron chi connectivity index (χ3n) is 5.53. The summed E-state index contributed by atoms with van der Waals surface area (Å²) in [5, 5.41) is 6.09. The largest absolute Gasteiger partial charge is 0.469 e. The van der Waals surface area contributed by atoms with Crippen LogP contribution in [-0.2, 0) is 6.42 Å². The van der Waals surface area contributed by atoms with Crippen LogP contribution in [0, 0.1) is 0 Å². The quantitative estimate of drug-likeness (QED) is 0.782. The molecule has 2 amide bonds. The molecule has 2 N–H and O–H groups in total. The number of hydrogen-bond donors (Lipinski definition) is 2. The maximum Gasteiger partial charge on any atom is 0.315 e. The van der Waals surface area contributed by atoms with Gasteiger partial charge in [0.15, 0.2) is 0 Å². The van der Waals surface area contributed by atoms with Crippen molar-refractivity contribution in [2.45, 2.75) is 69.9 Å². The van der Waals surface area contributed by atoms with Gasteiger partial charge in [-0.2, -0.15) is 0 Å². The summed E-state index contributed by atoms with van der Waals surface area (Å²) in [7, 11) is 2.22. The molecule has 5 nitrogen and oxygen atoms in total. The summed E-state index contributed by atoms with van der Waals surface area (Å²) in [4.78, 5) is 14.6. The minimum Gasteiger partial charge on any atom is -0.469 e. The Balaban J connectivity index is 1.33. The van der Waals surface area contributed by atoms with Crippen LogP contribution in [0.2, 0.25) is 0 Å². The van der Waals surface area contributed by atoms with E-state index in [0.717, 1.165) is 56.1 Å². The number of rotatable bonds is 6. The highest BCUT2D eigenvalue weighted by molar-refractivity contribution is 5.74. The summed E-state index contributed by atoms with van der Waals surface area (Å²) in [6.45, 7) is 1.79. The standard InChI is InChI=1S/C19H31N3O2/c1-22(15-7-3-2-4-8-15)13-6-12-20-19(23)21-17-9-5-10-18-16(17)11-14-24-18/h11,14-15,17H,2-10,12-13H2,1H3,(H2,20,21,23). The van der Waals surface area contributed by atoms with E-state index >= 15 is 0 Å². The number of nitrogens with zero attached hydrogens (tertiary/aromatic N) is 1. The fourth-order valence-corrected chi connectivity index (χ4v) is 4.08. The van der Waals surface area contributed by atoms with Crippen molar-refractivity contribution >= 4 is 6.03 Å². The number of nitrogens with one attached hydrogen (secondary N) is 2. The van der Waals surface area contributed by atoms with Gasteiger partial charge in [-0.1, -0.05) is 19.3 Å². The second kappa shape index (κ2) is 8.56. The minimum atomic E-state index is -0.0608. The van der Waals surface area contributed by atoms with Gasteiger partial charge in [-0.25, -0.2) is 4.79 Å². The van der Waals surface area contributed by atoms with Gasteiger partial charge in [-0.05, 0) is 51.8 Å². The summed E-state index contributed by atoms with van der Waals surface area (Å²) in [5.74, 6) is 1.03. The van der Waals surface area contributed by atoms with Crippen LogP contribution < -0.4 is 10.6 Å². The summed E-state index contributed by atoms with van der Waals surface area (Å²) in [5.41, 5.74) is 1.15. The summed E-state index contributed by atoms with van der Waals surface area (Å²) >= 11 is 0. The van der Waals surface area contributed by atoms with Gasteiger partial charge in [0, 0.05) is 24.6 Å². The third kappa shape index (κ3) is 4.53. The highest BCUT2D eigenvalue weighted by atomic mass is 16.3. The molecule has 0 bridgehead atoms. The molecular formula is C19H31N3O2. The van der Waals surface area contributed by atoms with Crippen LogP contribution in [0.5, 0.6) is 0 Å². The Morgan fingerprint density at radius 3 is 2.92 bits per heavy atom. The number of fused-ring (bicyclic) bond motifs is 1. The SMILES string of the molecule is CN(CCCNC(=O)NC1CCCc2occc21)C1CCCCC1. The van der Waals surface area contributed by atoms with Gasteiger partial charge in [-0.3, -0.25) is 0 Å². The molecule has 2 aliphatic rings. The lowest BCUT2D eigenvalue weighted by atomic mass is 9.93. The van der Waals surface area contributed by atoms with Crippen molar-refractivity contribution in [1.82, 2.24) is 15.5 Å². The van der Waals surface area contributed by atoms with E-state index in [0.29, 0.717) is 0 Å². The molecule has 24 heavy (non-hydrogen) atoms. The number of furan rings is 1. The molecule has 1 saturated carbocycles. The highest BCUT2D eigenvalue weighted by Gasteiger charge is 2.24. The fraction of sp³-hybridized carbons (Fsp3) is 0.737. The van der Waals surface area contributed by atoms with Crippen LogP contribution in [0.3, 0.4) is 0 Å². The van der Waals surface area contributed by atoms with Gasteiger partial charge in [-0.15, -0.1) is 0 Å². The first kappa shape index (κ1) is 17.3. The summed E-state index contributed by atoms with van der Waals surface area (Å²) < 4.78 is 5.47. The molecular weight excluding hydrogens is 302 g/mol. The van der Waals surface area contributed by atoms with Gasteiger partial charge in [0.2, 0.25) is 0 Å². The van der Waals surface area contributed by atoms with Crippen LogP contribution in [0.15, 0.2) is 16.7 Å². The smallest absolute Gasteiger partial charge is 0.315 e. The van der Waals surface area contributed by atoms with E-state index in [2.05, 4.69) is 22.6 Å². The van der Waals surface area contributed by atoms with Crippen molar-refractivity contribution in [3.8, 4) is 0 Å². The summed E-state index contributed by atoms with van der Waals surface area (Å²) in [6, 6.07) is 2.76. The molecule has 0 aromatic carbocycles. The predicted molar refractivity (Wildman–Crippen MR) is 95.0 cm³/mol. The average Bonchev–Trinajstić information content (AvgIpc) is 3.09. The topological polar surface area (TPSA) is 57.5 Å². The maximum absolute atomic E-state index is 12.1. The number of carbonyl (C=O) groups is 1. The first-order chi connectivity index (χ1) is 11.7. The van der Waals surface area contributed by atoms with Crippen LogP contribution in [0.4, 0.5) is 4.79 Å². The molecule has 0 aliphatic heterocycles. The van der Waals surface area contributed by atoms with E-state index in [4.69, 9.17) is 4.42 Å². The molecule has 1 aromatic heterocycles. The van der Waals surface area contributed by atoms with Gasteiger partial charge in [0.05, 0.1) is 12.3 Å². The zero-order chi connectivity index (χ0) is 16.8. The van der Waals surface area contributed by atoms with E-state index < -0.39 is 0 Å². The second-order valence-electron chi connectivity index (χ2n) is 7.27. The third-order valence-corrected chi connectivity index (χ3v) is 5.53. The number of amides is 2. The summed E-state index contributed by atoms with van der Waals surface area (Å²) in [6.07, 6.45) is 12.6. The number of aryl methyl sites for hydroxylation is 1. The molecule has 0 saturated heterocycles. The van der Waals surface area contributed by atoms with Gasteiger partial charge in [0.1, 0.15) is 5.76 Å². The van der Waals surface area contributed by atoms with Crippen molar-refractivity contribution in [2.24, 2.45) is 0 Å². The van der Waals surface area contributed by atoms with E-state index in [1.54, 1.807) is 6.26 Å². The second-order valence-corrected chi connectivity index (χ2v) is 7.27. The molecule has 1 unspecified atom stereocenters. The van der Waals surface area contributed by atoms with Crippen LogP contribution in [0.25, 0.3) is 0 Å². The molecule has 1 fully saturated rings. The molecule has 1 heterocycles. The molecule has 1 aromatic rings. The first-order valence-electron chi connectivity index (χ1n) is 9.55. The fourth-order valence-electron chi connectivity index (χ4n) is 4.08. The molecule has 134 valence electrons. The number of carbonyl (C=O) groups excluding carboxylic acids is 1. The van der Waals surface area contributed by atoms with E-state index in [-0.39, 0.29) is 12.1 Å². The Morgan fingerprint density at radius 1 is 1.25 bits per heavy atom. The molecule has 0 spiro atoms. The average molecular weight is 333 g/mol. The highest BCUT2D eigenvalue weighted by Crippen LogP contribution is 2.30. The normalized spacial score (nSPS) is 21.5. The molecule has 2 aliphatic carbocycles. The minimum absolute atomic E-state index is 0.0608. The Hall–Kier alpha value is -1.49. The van der Waals surface area contributed by atoms with Crippen molar-refractivity contribution in [3.05, 3.63) is 23.7 Å². The monoisotopic (exact) mass is 333 g/mol. The Labute approximate surface area is 145 Å². The van der Waals surface area contributed by atoms with E-state index in [1.165, 1.54) is 32.1 Å². The van der Waals surface area contributed by atoms with E-state index in [1.807, 2.05) is 6.07 Å².